The van der Waals surface area contributed by atoms with E-state index >= 15 is 0 Å². The number of anilines is 1. The Balaban J connectivity index is 1.45. The molecule has 9 nitrogen and oxygen atoms in total. The maximum atomic E-state index is 14.6. The molecule has 3 heterocycles. The summed E-state index contributed by atoms with van der Waals surface area (Å²) in [6.07, 6.45) is 0. The van der Waals surface area contributed by atoms with E-state index in [4.69, 9.17) is 5.73 Å². The maximum absolute atomic E-state index is 14.6. The molecular weight excluding hydrogens is 550 g/mol. The largest absolute Gasteiger partial charge is 0.368 e. The zero-order valence-corrected chi connectivity index (χ0v) is 23.3. The van der Waals surface area contributed by atoms with Crippen molar-refractivity contribution >= 4 is 32.8 Å². The molecule has 1 saturated heterocycles. The number of hydrogen-bond donors (Lipinski definition) is 1. The van der Waals surface area contributed by atoms with Crippen molar-refractivity contribution in [2.24, 2.45) is 0 Å². The van der Waals surface area contributed by atoms with Crippen molar-refractivity contribution in [2.75, 3.05) is 32.4 Å². The molecule has 41 heavy (non-hydrogen) atoms. The Morgan fingerprint density at radius 1 is 0.976 bits per heavy atom. The van der Waals surface area contributed by atoms with Gasteiger partial charge >= 0.3 is 0 Å². The van der Waals surface area contributed by atoms with Crippen LogP contribution in [0.4, 0.5) is 14.7 Å². The van der Waals surface area contributed by atoms with Gasteiger partial charge in [0.2, 0.25) is 16.0 Å². The SMILES string of the molecule is CC1CN(S(=O)(=O)c2cc(F)c(F)cc2-c2ccc3nc(N)nc(C(=O)N4Cc5ccccc5C4)c3c2)CCN1C. The van der Waals surface area contributed by atoms with E-state index in [9.17, 15) is 22.0 Å². The van der Waals surface area contributed by atoms with E-state index in [1.807, 2.05) is 43.1 Å². The number of nitrogens with two attached hydrogens (primary N) is 1. The summed E-state index contributed by atoms with van der Waals surface area (Å²) in [7, 11) is -2.29. The van der Waals surface area contributed by atoms with Crippen LogP contribution in [0.3, 0.4) is 0 Å². The van der Waals surface area contributed by atoms with E-state index in [1.165, 1.54) is 10.4 Å². The van der Waals surface area contributed by atoms with Crippen molar-refractivity contribution in [1.82, 2.24) is 24.1 Å². The number of halogens is 2. The van der Waals surface area contributed by atoms with Crippen molar-refractivity contribution in [3.05, 3.63) is 83.1 Å². The van der Waals surface area contributed by atoms with E-state index in [1.54, 1.807) is 17.0 Å². The van der Waals surface area contributed by atoms with Gasteiger partial charge in [0, 0.05) is 49.7 Å². The molecule has 3 aromatic carbocycles. The van der Waals surface area contributed by atoms with E-state index in [2.05, 4.69) is 9.97 Å². The summed E-state index contributed by atoms with van der Waals surface area (Å²) in [5.41, 5.74) is 8.65. The molecule has 0 aliphatic carbocycles. The zero-order valence-electron chi connectivity index (χ0n) is 22.5. The summed E-state index contributed by atoms with van der Waals surface area (Å²) in [5, 5.41) is 0.318. The molecule has 1 amide bonds. The summed E-state index contributed by atoms with van der Waals surface area (Å²) in [5.74, 6) is -2.92. The third-order valence-corrected chi connectivity index (χ3v) is 9.82. The van der Waals surface area contributed by atoms with Crippen molar-refractivity contribution in [3.63, 3.8) is 0 Å². The van der Waals surface area contributed by atoms with Crippen molar-refractivity contribution in [3.8, 4) is 11.1 Å². The molecule has 2 aliphatic heterocycles. The highest BCUT2D eigenvalue weighted by Crippen LogP contribution is 2.35. The van der Waals surface area contributed by atoms with Gasteiger partial charge in [0.25, 0.3) is 5.91 Å². The highest BCUT2D eigenvalue weighted by Gasteiger charge is 2.34. The molecule has 1 fully saturated rings. The minimum absolute atomic E-state index is 0.0267. The number of nitrogen functional groups attached to an aromatic ring is 1. The van der Waals surface area contributed by atoms with Gasteiger partial charge in [0.1, 0.15) is 5.69 Å². The number of sulfonamides is 1. The molecule has 1 aromatic heterocycles. The number of nitrogens with zero attached hydrogens (tertiary/aromatic N) is 5. The molecule has 0 saturated carbocycles. The van der Waals surface area contributed by atoms with Gasteiger partial charge < -0.3 is 15.5 Å². The third kappa shape index (κ3) is 4.81. The van der Waals surface area contributed by atoms with Crippen molar-refractivity contribution in [1.29, 1.82) is 0 Å². The van der Waals surface area contributed by atoms with Gasteiger partial charge in [-0.15, -0.1) is 0 Å². The van der Waals surface area contributed by atoms with Gasteiger partial charge in [0.05, 0.1) is 10.4 Å². The van der Waals surface area contributed by atoms with Crippen LogP contribution >= 0.6 is 0 Å². The molecular formula is C29H28F2N6O3S. The first kappa shape index (κ1) is 27.2. The van der Waals surface area contributed by atoms with E-state index < -0.39 is 21.7 Å². The quantitative estimate of drug-likeness (QED) is 0.394. The second-order valence-corrected chi connectivity index (χ2v) is 12.5. The topological polar surface area (TPSA) is 113 Å². The number of fused-ring (bicyclic) bond motifs is 2. The molecule has 4 aromatic rings. The van der Waals surface area contributed by atoms with E-state index in [0.29, 0.717) is 30.5 Å². The minimum atomic E-state index is -4.19. The van der Waals surface area contributed by atoms with Crippen LogP contribution in [0, 0.1) is 11.6 Å². The van der Waals surface area contributed by atoms with Gasteiger partial charge in [-0.2, -0.15) is 4.31 Å². The summed E-state index contributed by atoms with van der Waals surface area (Å²) in [6, 6.07) is 13.9. The van der Waals surface area contributed by atoms with Crippen LogP contribution in [0.1, 0.15) is 28.5 Å². The summed E-state index contributed by atoms with van der Waals surface area (Å²) >= 11 is 0. The second-order valence-electron chi connectivity index (χ2n) is 10.5. The lowest BCUT2D eigenvalue weighted by molar-refractivity contribution is 0.0747. The van der Waals surface area contributed by atoms with Crippen LogP contribution in [0.2, 0.25) is 0 Å². The smallest absolute Gasteiger partial charge is 0.273 e. The monoisotopic (exact) mass is 578 g/mol. The number of carbonyl (C=O) groups is 1. The van der Waals surface area contributed by atoms with Crippen LogP contribution in [-0.4, -0.2) is 71.1 Å². The first-order valence-electron chi connectivity index (χ1n) is 13.2. The Morgan fingerprint density at radius 2 is 1.66 bits per heavy atom. The number of benzene rings is 3. The van der Waals surface area contributed by atoms with E-state index in [0.717, 1.165) is 23.3 Å². The Morgan fingerprint density at radius 3 is 2.34 bits per heavy atom. The Kier molecular flexibility index (Phi) is 6.71. The molecule has 0 spiro atoms. The predicted molar refractivity (Wildman–Crippen MR) is 150 cm³/mol. The lowest BCUT2D eigenvalue weighted by Gasteiger charge is -2.37. The lowest BCUT2D eigenvalue weighted by atomic mass is 10.0. The van der Waals surface area contributed by atoms with Crippen molar-refractivity contribution < 1.29 is 22.0 Å². The lowest BCUT2D eigenvalue weighted by Crippen LogP contribution is -2.51. The molecule has 212 valence electrons. The van der Waals surface area contributed by atoms with Crippen LogP contribution in [0.15, 0.2) is 59.5 Å². The van der Waals surface area contributed by atoms with Gasteiger partial charge in [-0.05, 0) is 54.9 Å². The summed E-state index contributed by atoms with van der Waals surface area (Å²) in [6.45, 7) is 3.62. The van der Waals surface area contributed by atoms with Crippen LogP contribution < -0.4 is 5.73 Å². The molecule has 1 atom stereocenters. The maximum Gasteiger partial charge on any atom is 0.273 e. The summed E-state index contributed by atoms with van der Waals surface area (Å²) < 4.78 is 58.0. The van der Waals surface area contributed by atoms with E-state index in [-0.39, 0.29) is 52.7 Å². The van der Waals surface area contributed by atoms with Gasteiger partial charge in [-0.25, -0.2) is 27.2 Å². The third-order valence-electron chi connectivity index (χ3n) is 7.92. The normalized spacial score (nSPS) is 18.1. The Labute approximate surface area is 236 Å². The molecule has 12 heteroatoms. The fraction of sp³-hybridized carbons (Fsp3) is 0.276. The molecule has 1 unspecified atom stereocenters. The average Bonchev–Trinajstić information content (AvgIpc) is 3.39. The standard InChI is InChI=1S/C29H28F2N6O3S/c1-17-14-37(10-9-35(17)2)41(39,40)26-13-24(31)23(30)12-21(26)18-7-8-25-22(11-18)27(34-29(32)33-25)28(38)36-15-19-5-3-4-6-20(19)16-36/h3-8,11-13,17H,9-10,14-16H2,1-2H3,(H2,32,33,34). The molecule has 0 bridgehead atoms. The molecule has 6 rings (SSSR count). The number of hydrogen-bond acceptors (Lipinski definition) is 7. The minimum Gasteiger partial charge on any atom is -0.368 e. The van der Waals surface area contributed by atoms with Crippen LogP contribution in [0.5, 0.6) is 0 Å². The average molecular weight is 579 g/mol. The fourth-order valence-corrected chi connectivity index (χ4v) is 7.16. The number of piperazine rings is 1. The van der Waals surface area contributed by atoms with Crippen molar-refractivity contribution in [2.45, 2.75) is 31.0 Å². The van der Waals surface area contributed by atoms with Gasteiger partial charge in [0.15, 0.2) is 11.6 Å². The number of aromatic nitrogens is 2. The first-order chi connectivity index (χ1) is 19.5. The second kappa shape index (κ2) is 10.1. The predicted octanol–water partition coefficient (Wildman–Crippen LogP) is 3.64. The highest BCUT2D eigenvalue weighted by molar-refractivity contribution is 7.89. The molecule has 0 radical (unpaired) electrons. The summed E-state index contributed by atoms with van der Waals surface area (Å²) in [4.78, 5) is 25.5. The van der Waals surface area contributed by atoms with Crippen LogP contribution in [-0.2, 0) is 23.1 Å². The Hall–Kier alpha value is -4.00. The van der Waals surface area contributed by atoms with Crippen LogP contribution in [0.25, 0.3) is 22.0 Å². The zero-order chi connectivity index (χ0) is 29.1. The highest BCUT2D eigenvalue weighted by atomic mass is 32.2. The fourth-order valence-electron chi connectivity index (χ4n) is 5.44. The number of amides is 1. The van der Waals surface area contributed by atoms with Gasteiger partial charge in [-0.3, -0.25) is 4.79 Å². The Bertz CT molecular complexity index is 1790. The number of rotatable bonds is 4. The number of likely N-dealkylation sites (N-methyl/N-ethyl adjacent to an activating group) is 1. The molecule has 2 N–H and O–H groups in total. The van der Waals surface area contributed by atoms with Gasteiger partial charge in [-0.1, -0.05) is 30.3 Å². The number of carbonyl (C=O) groups excluding carboxylic acids is 1. The molecule has 2 aliphatic rings. The first-order valence-corrected chi connectivity index (χ1v) is 14.6.